The molecule has 0 bridgehead atoms. The molecule has 2 aromatic rings. The van der Waals surface area contributed by atoms with Crippen LogP contribution in [0, 0.1) is 11.8 Å². The third-order valence-corrected chi connectivity index (χ3v) is 7.13. The van der Waals surface area contributed by atoms with Crippen LogP contribution < -0.4 is 10.2 Å². The first-order valence-corrected chi connectivity index (χ1v) is 15.1. The molecular weight excluding hydrogens is 570 g/mol. The fourth-order valence-electron chi connectivity index (χ4n) is 4.71. The molecule has 6 nitrogen and oxygen atoms in total. The van der Waals surface area contributed by atoms with Gasteiger partial charge in [0.05, 0.1) is 11.9 Å². The van der Waals surface area contributed by atoms with Crippen molar-refractivity contribution in [1.82, 2.24) is 0 Å². The smallest absolute Gasteiger partial charge is 0.545 e. The summed E-state index contributed by atoms with van der Waals surface area (Å²) in [6, 6.07) is 9.62. The number of hydrogen-bond donors (Lipinski definition) is 2. The molecule has 2 aromatic carbocycles. The topological polar surface area (TPSA) is 121 Å². The summed E-state index contributed by atoms with van der Waals surface area (Å²) in [5.41, 5.74) is 1.18. The van der Waals surface area contributed by atoms with Gasteiger partial charge in [-0.1, -0.05) is 116 Å². The Labute approximate surface area is 260 Å². The number of aromatic carboxylic acids is 2. The van der Waals surface area contributed by atoms with Gasteiger partial charge in [0.2, 0.25) is 0 Å². The molecule has 2 N–H and O–H groups in total. The maximum atomic E-state index is 10.8. The van der Waals surface area contributed by atoms with Crippen LogP contribution in [-0.4, -0.2) is 22.2 Å². The van der Waals surface area contributed by atoms with Gasteiger partial charge in [-0.05, 0) is 60.8 Å². The number of carbonyl (C=O) groups excluding carboxylic acids is 2. The van der Waals surface area contributed by atoms with Crippen molar-refractivity contribution in [1.29, 1.82) is 0 Å². The van der Waals surface area contributed by atoms with Crippen LogP contribution >= 0.6 is 0 Å². The van der Waals surface area contributed by atoms with Crippen molar-refractivity contribution in [3.63, 3.8) is 0 Å². The molecule has 0 radical (unpaired) electrons. The van der Waals surface area contributed by atoms with Crippen LogP contribution in [0.1, 0.15) is 137 Å². The molecule has 0 aliphatic carbocycles. The number of carbonyl (C=O) groups is 2. The number of unbranched alkanes of at least 4 members (excludes halogenated alkanes) is 8. The summed E-state index contributed by atoms with van der Waals surface area (Å²) < 4.78 is 0. The zero-order chi connectivity index (χ0) is 29.9. The Balaban J connectivity index is 0.000000762. The van der Waals surface area contributed by atoms with E-state index in [4.69, 9.17) is 0 Å². The summed E-state index contributed by atoms with van der Waals surface area (Å²) in [6.45, 7) is 8.97. The molecule has 0 atom stereocenters. The number of benzene rings is 2. The van der Waals surface area contributed by atoms with Crippen LogP contribution in [0.2, 0.25) is 0 Å². The van der Waals surface area contributed by atoms with Gasteiger partial charge in [0.1, 0.15) is 11.5 Å². The Bertz CT molecular complexity index is 937. The minimum Gasteiger partial charge on any atom is -0.545 e. The Morgan fingerprint density at radius 1 is 0.585 bits per heavy atom. The van der Waals surface area contributed by atoms with Crippen LogP contribution in [0.15, 0.2) is 36.4 Å². The zero-order valence-corrected chi connectivity index (χ0v) is 28.7. The normalized spacial score (nSPS) is 10.7. The van der Waals surface area contributed by atoms with Crippen molar-refractivity contribution < 1.29 is 49.5 Å². The quantitative estimate of drug-likeness (QED) is 0.143. The standard InChI is InChI=1S/2C17H26O3.Zn/c2*1-13(2)9-6-4-3-5-7-10-14-11-8-12-15(16(14)18)17(19)20;/h2*8,11-13,18H,3-7,9-10H2,1-2H3,(H,19,20);/q;;+2/p-2. The maximum absolute atomic E-state index is 10.8. The molecular formula is C34H50O6Zn. The van der Waals surface area contributed by atoms with Crippen molar-refractivity contribution in [3.05, 3.63) is 58.7 Å². The van der Waals surface area contributed by atoms with E-state index in [1.807, 2.05) is 0 Å². The Kier molecular flexibility index (Phi) is 20.9. The first-order chi connectivity index (χ1) is 19.0. The van der Waals surface area contributed by atoms with Gasteiger partial charge in [-0.25, -0.2) is 0 Å². The van der Waals surface area contributed by atoms with Gasteiger partial charge in [0.25, 0.3) is 0 Å². The summed E-state index contributed by atoms with van der Waals surface area (Å²) in [5.74, 6) is -1.35. The Morgan fingerprint density at radius 2 is 0.902 bits per heavy atom. The monoisotopic (exact) mass is 618 g/mol. The van der Waals surface area contributed by atoms with E-state index in [-0.39, 0.29) is 42.1 Å². The molecule has 0 aliphatic heterocycles. The molecule has 2 rings (SSSR count). The minimum atomic E-state index is -1.32. The van der Waals surface area contributed by atoms with Crippen molar-refractivity contribution in [2.75, 3.05) is 0 Å². The van der Waals surface area contributed by atoms with E-state index in [9.17, 15) is 30.0 Å². The van der Waals surface area contributed by atoms with Crippen molar-refractivity contribution in [2.24, 2.45) is 11.8 Å². The number of aryl methyl sites for hydroxylation is 2. The van der Waals surface area contributed by atoms with E-state index in [1.54, 1.807) is 24.3 Å². The van der Waals surface area contributed by atoms with Gasteiger partial charge in [-0.3, -0.25) is 0 Å². The molecule has 0 aromatic heterocycles. The van der Waals surface area contributed by atoms with Gasteiger partial charge < -0.3 is 30.0 Å². The molecule has 0 fully saturated rings. The predicted molar refractivity (Wildman–Crippen MR) is 157 cm³/mol. The van der Waals surface area contributed by atoms with Crippen LogP contribution in [0.5, 0.6) is 11.5 Å². The van der Waals surface area contributed by atoms with Crippen molar-refractivity contribution in [3.8, 4) is 11.5 Å². The number of phenols is 2. The Hall–Kier alpha value is -2.40. The summed E-state index contributed by atoms with van der Waals surface area (Å²) >= 11 is 0. The fourth-order valence-corrected chi connectivity index (χ4v) is 4.71. The second kappa shape index (κ2) is 22.2. The second-order valence-corrected chi connectivity index (χ2v) is 11.6. The number of carboxylic acids is 2. The number of para-hydroxylation sites is 2. The first-order valence-electron chi connectivity index (χ1n) is 15.1. The molecule has 224 valence electrons. The van der Waals surface area contributed by atoms with E-state index in [2.05, 4.69) is 27.7 Å². The van der Waals surface area contributed by atoms with Gasteiger partial charge in [0, 0.05) is 11.1 Å². The largest absolute Gasteiger partial charge is 2.00 e. The molecule has 7 heteroatoms. The van der Waals surface area contributed by atoms with Crippen molar-refractivity contribution >= 4 is 11.9 Å². The van der Waals surface area contributed by atoms with E-state index >= 15 is 0 Å². The molecule has 0 heterocycles. The van der Waals surface area contributed by atoms with Gasteiger partial charge in [-0.15, -0.1) is 0 Å². The molecule has 41 heavy (non-hydrogen) atoms. The van der Waals surface area contributed by atoms with Gasteiger partial charge in [-0.2, -0.15) is 0 Å². The first kappa shape index (κ1) is 38.6. The average Bonchev–Trinajstić information content (AvgIpc) is 2.89. The number of hydrogen-bond acceptors (Lipinski definition) is 6. The molecule has 0 aliphatic rings. The Morgan fingerprint density at radius 3 is 1.22 bits per heavy atom. The summed E-state index contributed by atoms with van der Waals surface area (Å²) in [5, 5.41) is 41.3. The van der Waals surface area contributed by atoms with Gasteiger partial charge >= 0.3 is 19.5 Å². The fraction of sp³-hybridized carbons (Fsp3) is 0.588. The summed E-state index contributed by atoms with van der Waals surface area (Å²) in [4.78, 5) is 21.6. The maximum Gasteiger partial charge on any atom is 2.00 e. The van der Waals surface area contributed by atoms with Crippen LogP contribution in [0.25, 0.3) is 0 Å². The van der Waals surface area contributed by atoms with E-state index in [0.717, 1.165) is 50.4 Å². The molecule has 0 unspecified atom stereocenters. The average molecular weight is 620 g/mol. The SMILES string of the molecule is CC(C)CCCCCCCc1cccc(C(=O)[O-])c1O.CC(C)CCCCCCCc1cccc(C(=O)[O-])c1O.[Zn+2]. The molecule has 0 amide bonds. The third kappa shape index (κ3) is 16.6. The van der Waals surface area contributed by atoms with E-state index in [0.29, 0.717) is 11.1 Å². The number of carboxylic acid groups (broad SMARTS) is 2. The predicted octanol–water partition coefficient (Wildman–Crippen LogP) is 6.59. The zero-order valence-electron chi connectivity index (χ0n) is 25.8. The molecule has 0 spiro atoms. The number of rotatable bonds is 18. The van der Waals surface area contributed by atoms with Crippen molar-refractivity contribution in [2.45, 2.75) is 118 Å². The van der Waals surface area contributed by atoms with Crippen LogP contribution in [0.4, 0.5) is 0 Å². The van der Waals surface area contributed by atoms with Gasteiger partial charge in [0.15, 0.2) is 0 Å². The van der Waals surface area contributed by atoms with E-state index in [1.165, 1.54) is 63.5 Å². The van der Waals surface area contributed by atoms with E-state index < -0.39 is 11.9 Å². The molecule has 0 saturated carbocycles. The van der Waals surface area contributed by atoms with Crippen LogP contribution in [0.3, 0.4) is 0 Å². The summed E-state index contributed by atoms with van der Waals surface area (Å²) in [7, 11) is 0. The van der Waals surface area contributed by atoms with Crippen LogP contribution in [-0.2, 0) is 32.3 Å². The summed E-state index contributed by atoms with van der Waals surface area (Å²) in [6.07, 6.45) is 15.7. The minimum absolute atomic E-state index is 0. The molecule has 0 saturated heterocycles. The number of aromatic hydroxyl groups is 2. The third-order valence-electron chi connectivity index (χ3n) is 7.13. The second-order valence-electron chi connectivity index (χ2n) is 11.6.